The Kier molecular flexibility index (Phi) is 60.8. The van der Waals surface area contributed by atoms with Gasteiger partial charge in [0, 0.05) is 66.8 Å². The van der Waals surface area contributed by atoms with Crippen molar-refractivity contribution >= 4 is 67.6 Å². The van der Waals surface area contributed by atoms with Crippen LogP contribution in [0.3, 0.4) is 0 Å². The number of pyridine rings is 1. The quantitative estimate of drug-likeness (QED) is 0.0185. The molecule has 4 unspecified atom stereocenters. The second-order valence-electron chi connectivity index (χ2n) is 27.7. The number of nitrogens with zero attached hydrogens (tertiary/aromatic N) is 5. The Morgan fingerprint density at radius 3 is 1.21 bits per heavy atom. The molecule has 4 rings (SSSR count). The van der Waals surface area contributed by atoms with Crippen molar-refractivity contribution in [3.05, 3.63) is 44.8 Å². The van der Waals surface area contributed by atoms with Crippen LogP contribution in [-0.4, -0.2) is 134 Å². The maximum absolute atomic E-state index is 12.7. The van der Waals surface area contributed by atoms with Gasteiger partial charge in [0.25, 0.3) is 0 Å². The van der Waals surface area contributed by atoms with Crippen LogP contribution in [0.4, 0.5) is 4.79 Å². The Labute approximate surface area is 608 Å². The van der Waals surface area contributed by atoms with Crippen LogP contribution in [0.1, 0.15) is 293 Å². The first kappa shape index (κ1) is 94.0. The number of carbonyl (C=O) groups is 6. The zero-order chi connectivity index (χ0) is 72.3. The fraction of sp³-hybridized carbons (Fsp3) is 0.851. The predicted octanol–water partition coefficient (Wildman–Crippen LogP) is 17.7. The number of halogens is 2. The van der Waals surface area contributed by atoms with E-state index in [0.717, 1.165) is 222 Å². The second kappa shape index (κ2) is 62.8. The molecule has 1 aliphatic heterocycles. The third kappa shape index (κ3) is 53.5. The van der Waals surface area contributed by atoms with Gasteiger partial charge in [-0.25, -0.2) is 4.79 Å². The second-order valence-corrected chi connectivity index (χ2v) is 30.7. The number of hydrogen-bond acceptors (Lipinski definition) is 10. The number of carboxylic acids is 1. The number of carboxylic acid groups (broad SMARTS) is 1. The topological polar surface area (TPSA) is 287 Å². The maximum atomic E-state index is 12.7. The predicted molar refractivity (Wildman–Crippen MR) is 402 cm³/mol. The zero-order valence-electron chi connectivity index (χ0n) is 62.3. The summed E-state index contributed by atoms with van der Waals surface area (Å²) in [7, 11) is 9.59. The number of nitrogens with two attached hydrogens (primary N) is 1. The fourth-order valence-corrected chi connectivity index (χ4v) is 12.1. The molecule has 2 fully saturated rings. The summed E-state index contributed by atoms with van der Waals surface area (Å²) in [6.45, 7) is 29.0. The summed E-state index contributed by atoms with van der Waals surface area (Å²) < 4.78 is 5.16. The molecule has 19 nitrogen and oxygen atoms in total. The Morgan fingerprint density at radius 1 is 0.536 bits per heavy atom. The summed E-state index contributed by atoms with van der Waals surface area (Å²) in [6, 6.07) is 5.34. The minimum absolute atomic E-state index is 0.00694. The van der Waals surface area contributed by atoms with Crippen molar-refractivity contribution in [1.82, 2.24) is 31.6 Å². The molecule has 23 heteroatoms. The van der Waals surface area contributed by atoms with Gasteiger partial charge in [-0.2, -0.15) is 37.3 Å². The molecule has 2 aliphatic carbocycles. The van der Waals surface area contributed by atoms with Gasteiger partial charge < -0.3 is 63.4 Å². The van der Waals surface area contributed by atoms with Gasteiger partial charge in [0.1, 0.15) is 5.60 Å². The number of alkyl carbamates (subject to hydrolysis) is 1. The molecule has 0 spiro atoms. The molecule has 2 heterocycles. The number of nitrogens with one attached hydrogen (secondary N) is 5. The monoisotopic (exact) mass is 1460 g/mol. The summed E-state index contributed by atoms with van der Waals surface area (Å²) in [6.07, 6.45) is 34.2. The minimum atomic E-state index is -0.677. The number of thioether (sulfide) groups is 1. The van der Waals surface area contributed by atoms with Gasteiger partial charge in [0.05, 0.1) is 11.7 Å². The van der Waals surface area contributed by atoms with Crippen molar-refractivity contribution < 1.29 is 51.7 Å². The SMILES string of the molecule is CCCCC(C)C(=O)NCCCCCCN.CCCCC(C)C(=O)NCCCCCCNC(=O)CSc1cc2nc(c1)C[N-][C@@H]1CCCC[C@H]1[N-]CC[N-][C@@H]1CCCC[C@H]1[N-]C2.CCCCC(C)C(=O)NCCCCCCNC(=O)OC(C)(C)C.CCCCC(C)C(=O)O.[Cl][Mn][Cl]. The first-order valence-electron chi connectivity index (χ1n) is 37.7. The molecule has 97 heavy (non-hydrogen) atoms. The number of ether oxygens (including phenoxy) is 1. The number of carbonyl (C=O) groups excluding carboxylic acids is 5. The fourth-order valence-electron chi connectivity index (χ4n) is 11.2. The summed E-state index contributed by atoms with van der Waals surface area (Å²) in [5.41, 5.74) is 6.89. The molecule has 8 N–H and O–H groups in total. The van der Waals surface area contributed by atoms with Crippen molar-refractivity contribution in [1.29, 1.82) is 0 Å². The molecule has 3 aliphatic rings. The number of aromatic nitrogens is 1. The number of aliphatic carboxylic acids is 1. The Morgan fingerprint density at radius 2 is 0.866 bits per heavy atom. The molecule has 0 saturated heterocycles. The van der Waals surface area contributed by atoms with E-state index in [4.69, 9.17) is 62.0 Å². The van der Waals surface area contributed by atoms with E-state index in [2.05, 4.69) is 66.4 Å². The van der Waals surface area contributed by atoms with E-state index in [9.17, 15) is 28.8 Å². The van der Waals surface area contributed by atoms with Gasteiger partial charge in [-0.1, -0.05) is 197 Å². The normalized spacial score (nSPS) is 18.2. The third-order valence-electron chi connectivity index (χ3n) is 17.4. The van der Waals surface area contributed by atoms with Gasteiger partial charge >= 0.3 is 45.4 Å². The zero-order valence-corrected chi connectivity index (χ0v) is 65.8. The Balaban J connectivity index is 0.00000149. The van der Waals surface area contributed by atoms with Gasteiger partial charge in [-0.3, -0.25) is 29.0 Å². The van der Waals surface area contributed by atoms with E-state index < -0.39 is 11.6 Å². The molecular formula is C74H137Cl2MnN11O8S-4. The third-order valence-corrected chi connectivity index (χ3v) is 18.4. The van der Waals surface area contributed by atoms with Crippen molar-refractivity contribution in [2.24, 2.45) is 29.4 Å². The van der Waals surface area contributed by atoms with Gasteiger partial charge in [-0.05, 0) is 104 Å². The van der Waals surface area contributed by atoms with Crippen molar-refractivity contribution in [2.45, 2.75) is 329 Å². The first-order valence-corrected chi connectivity index (χ1v) is 42.0. The summed E-state index contributed by atoms with van der Waals surface area (Å²) in [4.78, 5) is 75.9. The molecule has 2 saturated carbocycles. The molecule has 8 atom stereocenters. The van der Waals surface area contributed by atoms with Gasteiger partial charge in [0.15, 0.2) is 0 Å². The van der Waals surface area contributed by atoms with E-state index in [1.807, 2.05) is 41.5 Å². The number of fused-ring (bicyclic) bond motifs is 4. The standard InChI is InChI=1S/C36H59N7O2S.C18H36N2O3.C13H28N2O.C7H14O2.2ClH.Mn/c1-3-4-13-27(2)36(45)40-19-12-6-5-11-18-39-35(44)26-46-30-22-28-24-41-33-16-9-7-14-31(33)37-20-21-38-32-15-8-10-17-34(32)42-25-29(23-30)43-28;1-6-7-12-15(2)16(21)19-13-10-8-9-11-14-20-17(22)23-18(3,4)5;1-3-4-9-12(2)13(16)15-11-8-6-5-7-10-14;1-3-4-5-6(2)7(8)9;;;/h22-23,27,31-34H,3-21,24-26H2,1-2H3,(H,39,44)(H,40,45);15H,6-14H2,1-5H3,(H,19,21)(H,20,22);12H,3-11,14H2,1-2H3,(H,15,16);6H,3-5H2,1-2H3,(H,8,9);2*1H;/q-4;;;;;;+2/p-2/t27?,31-,32-,33-,34-;;;;;;/m1....../s1. The van der Waals surface area contributed by atoms with Crippen LogP contribution in [-0.2, 0) is 54.9 Å². The Bertz CT molecular complexity index is 2110. The van der Waals surface area contributed by atoms with Gasteiger partial charge in [-0.15, -0.1) is 24.9 Å². The van der Waals surface area contributed by atoms with Crippen molar-refractivity contribution in [3.63, 3.8) is 0 Å². The summed E-state index contributed by atoms with van der Waals surface area (Å²) >= 11 is 1.58. The van der Waals surface area contributed by atoms with E-state index >= 15 is 0 Å². The van der Waals surface area contributed by atoms with Crippen LogP contribution in [0.25, 0.3) is 21.3 Å². The average molecular weight is 1470 g/mol. The van der Waals surface area contributed by atoms with Crippen LogP contribution < -0.4 is 32.3 Å². The first-order chi connectivity index (χ1) is 46.6. The number of amides is 5. The van der Waals surface area contributed by atoms with Crippen LogP contribution in [0, 0.1) is 23.7 Å². The number of unbranched alkanes of at least 4 members (excludes halogenated alkanes) is 13. The molecule has 1 aromatic heterocycles. The molecule has 0 aromatic carbocycles. The van der Waals surface area contributed by atoms with E-state index in [1.165, 1.54) is 38.5 Å². The molecular weight excluding hydrogens is 1330 g/mol. The van der Waals surface area contributed by atoms with E-state index in [0.29, 0.717) is 44.0 Å². The summed E-state index contributed by atoms with van der Waals surface area (Å²) in [5, 5.41) is 43.7. The van der Waals surface area contributed by atoms with E-state index in [-0.39, 0.29) is 78.6 Å². The molecule has 2 bridgehead atoms. The van der Waals surface area contributed by atoms with Crippen LogP contribution in [0.15, 0.2) is 17.0 Å². The molecule has 1 aromatic rings. The number of hydrogen-bond donors (Lipinski definition) is 7. The van der Waals surface area contributed by atoms with Crippen molar-refractivity contribution in [3.8, 4) is 0 Å². The van der Waals surface area contributed by atoms with Crippen molar-refractivity contribution in [2.75, 3.05) is 58.1 Å². The molecule has 567 valence electrons. The Hall–Kier alpha value is -2.98. The van der Waals surface area contributed by atoms with Gasteiger partial charge in [0.2, 0.25) is 23.6 Å². The van der Waals surface area contributed by atoms with Crippen LogP contribution >= 0.6 is 32.0 Å². The molecule has 0 radical (unpaired) electrons. The average Bonchev–Trinajstić information content (AvgIpc) is 1.70. The number of rotatable bonds is 39. The summed E-state index contributed by atoms with van der Waals surface area (Å²) in [5.74, 6) is 0.552. The van der Waals surface area contributed by atoms with E-state index in [1.54, 1.807) is 18.7 Å². The van der Waals surface area contributed by atoms with Crippen LogP contribution in [0.2, 0.25) is 0 Å². The van der Waals surface area contributed by atoms with Crippen LogP contribution in [0.5, 0.6) is 0 Å². The molecule has 5 amide bonds.